The van der Waals surface area contributed by atoms with Gasteiger partial charge in [-0.2, -0.15) is 0 Å². The lowest BCUT2D eigenvalue weighted by Gasteiger charge is -2.00. The van der Waals surface area contributed by atoms with E-state index < -0.39 is 0 Å². The monoisotopic (exact) mass is 352 g/mol. The number of amides is 1. The van der Waals surface area contributed by atoms with E-state index in [0.717, 1.165) is 26.5 Å². The van der Waals surface area contributed by atoms with Crippen LogP contribution in [0.4, 0.5) is 0 Å². The van der Waals surface area contributed by atoms with Crippen molar-refractivity contribution in [1.82, 2.24) is 20.3 Å². The van der Waals surface area contributed by atoms with Gasteiger partial charge in [0.25, 0.3) is 5.91 Å². The summed E-state index contributed by atoms with van der Waals surface area (Å²) in [6.07, 6.45) is 4.95. The molecule has 0 bridgehead atoms. The number of thiazole rings is 1. The number of benzene rings is 1. The van der Waals surface area contributed by atoms with Crippen LogP contribution < -0.4 is 5.32 Å². The second-order valence-electron chi connectivity index (χ2n) is 5.07. The van der Waals surface area contributed by atoms with Crippen molar-refractivity contribution in [1.29, 1.82) is 0 Å². The van der Waals surface area contributed by atoms with Crippen LogP contribution in [0.2, 0.25) is 0 Å². The van der Waals surface area contributed by atoms with Crippen LogP contribution in [-0.2, 0) is 6.54 Å². The summed E-state index contributed by atoms with van der Waals surface area (Å²) in [6, 6.07) is 9.89. The number of rotatable bonds is 4. The van der Waals surface area contributed by atoms with Crippen LogP contribution in [0.5, 0.6) is 0 Å². The predicted molar refractivity (Wildman–Crippen MR) is 96.1 cm³/mol. The van der Waals surface area contributed by atoms with Crippen molar-refractivity contribution in [3.05, 3.63) is 64.9 Å². The summed E-state index contributed by atoms with van der Waals surface area (Å²) in [6.45, 7) is 0.393. The Labute approximate surface area is 146 Å². The number of carbonyl (C=O) groups is 1. The molecular weight excluding hydrogens is 340 g/mol. The van der Waals surface area contributed by atoms with Gasteiger partial charge in [-0.05, 0) is 17.5 Å². The van der Waals surface area contributed by atoms with Gasteiger partial charge in [-0.15, -0.1) is 22.7 Å². The third-order valence-electron chi connectivity index (χ3n) is 3.41. The third kappa shape index (κ3) is 3.04. The Hall–Kier alpha value is -2.64. The second kappa shape index (κ2) is 6.46. The molecule has 0 saturated carbocycles. The maximum absolute atomic E-state index is 12.3. The molecule has 1 amide bonds. The van der Waals surface area contributed by atoms with Crippen molar-refractivity contribution in [3.63, 3.8) is 0 Å². The van der Waals surface area contributed by atoms with Crippen LogP contribution in [-0.4, -0.2) is 20.9 Å². The zero-order chi connectivity index (χ0) is 16.4. The molecule has 0 aliphatic carbocycles. The van der Waals surface area contributed by atoms with Gasteiger partial charge in [0.05, 0.1) is 23.3 Å². The van der Waals surface area contributed by atoms with E-state index in [-0.39, 0.29) is 5.91 Å². The first-order chi connectivity index (χ1) is 11.8. The average molecular weight is 352 g/mol. The van der Waals surface area contributed by atoms with Crippen LogP contribution in [0, 0.1) is 0 Å². The molecule has 0 spiro atoms. The van der Waals surface area contributed by atoms with E-state index in [1.54, 1.807) is 18.6 Å². The first-order valence-corrected chi connectivity index (χ1v) is 8.97. The van der Waals surface area contributed by atoms with Gasteiger partial charge < -0.3 is 5.32 Å². The third-order valence-corrected chi connectivity index (χ3v) is 5.44. The quantitative estimate of drug-likeness (QED) is 0.607. The largest absolute Gasteiger partial charge is 0.346 e. The molecule has 24 heavy (non-hydrogen) atoms. The van der Waals surface area contributed by atoms with E-state index >= 15 is 0 Å². The van der Waals surface area contributed by atoms with Crippen LogP contribution in [0.15, 0.2) is 54.3 Å². The molecule has 5 nitrogen and oxygen atoms in total. The molecular formula is C17H12N4OS2. The molecule has 0 aliphatic heterocycles. The molecule has 1 N–H and O–H groups in total. The number of nitrogens with one attached hydrogen (secondary N) is 1. The first kappa shape index (κ1) is 14.9. The van der Waals surface area contributed by atoms with Crippen LogP contribution in [0.25, 0.3) is 20.8 Å². The van der Waals surface area contributed by atoms with E-state index in [9.17, 15) is 4.79 Å². The SMILES string of the molecule is O=C(NCc1csc(-c2cnccn2)n1)c1cc2ccccc2s1. The second-order valence-corrected chi connectivity index (χ2v) is 7.01. The Kier molecular flexibility index (Phi) is 4.02. The van der Waals surface area contributed by atoms with Gasteiger partial charge in [-0.1, -0.05) is 18.2 Å². The Morgan fingerprint density at radius 3 is 2.96 bits per heavy atom. The summed E-state index contributed by atoms with van der Waals surface area (Å²) in [4.78, 5) is 25.8. The molecule has 3 aromatic heterocycles. The molecule has 0 unspecified atom stereocenters. The highest BCUT2D eigenvalue weighted by Crippen LogP contribution is 2.25. The molecule has 0 radical (unpaired) electrons. The molecule has 0 atom stereocenters. The van der Waals surface area contributed by atoms with Gasteiger partial charge in [0.1, 0.15) is 10.7 Å². The molecule has 1 aromatic carbocycles. The Morgan fingerprint density at radius 1 is 1.21 bits per heavy atom. The van der Waals surface area contributed by atoms with Gasteiger partial charge in [0.15, 0.2) is 0 Å². The lowest BCUT2D eigenvalue weighted by atomic mass is 10.2. The summed E-state index contributed by atoms with van der Waals surface area (Å²) in [5.41, 5.74) is 1.56. The highest BCUT2D eigenvalue weighted by Gasteiger charge is 2.11. The number of hydrogen-bond donors (Lipinski definition) is 1. The van der Waals surface area contributed by atoms with Crippen LogP contribution in [0.3, 0.4) is 0 Å². The fourth-order valence-corrected chi connectivity index (χ4v) is 4.03. The standard InChI is InChI=1S/C17H12N4OS2/c22-16(15-7-11-3-1-2-4-14(11)24-15)20-8-12-10-23-17(21-12)13-9-18-5-6-19-13/h1-7,9-10H,8H2,(H,20,22). The first-order valence-electron chi connectivity index (χ1n) is 7.27. The number of hydrogen-bond acceptors (Lipinski definition) is 6. The molecule has 4 aromatic rings. The zero-order valence-electron chi connectivity index (χ0n) is 12.5. The summed E-state index contributed by atoms with van der Waals surface area (Å²) in [7, 11) is 0. The van der Waals surface area contributed by atoms with Gasteiger partial charge in [0, 0.05) is 22.5 Å². The minimum Gasteiger partial charge on any atom is -0.346 e. The number of carbonyl (C=O) groups excluding carboxylic acids is 1. The Bertz CT molecular complexity index is 961. The van der Waals surface area contributed by atoms with Gasteiger partial charge in [-0.25, -0.2) is 4.98 Å². The van der Waals surface area contributed by atoms with E-state index in [2.05, 4.69) is 20.3 Å². The summed E-state index contributed by atoms with van der Waals surface area (Å²) in [5.74, 6) is -0.0785. The fraction of sp³-hybridized carbons (Fsp3) is 0.0588. The van der Waals surface area contributed by atoms with Crippen molar-refractivity contribution in [2.45, 2.75) is 6.54 Å². The minimum atomic E-state index is -0.0785. The smallest absolute Gasteiger partial charge is 0.261 e. The van der Waals surface area contributed by atoms with Crippen molar-refractivity contribution in [2.75, 3.05) is 0 Å². The number of aromatic nitrogens is 3. The summed E-state index contributed by atoms with van der Waals surface area (Å²) >= 11 is 2.99. The number of nitrogens with zero attached hydrogens (tertiary/aromatic N) is 3. The molecule has 0 aliphatic rings. The predicted octanol–water partition coefficient (Wildman–Crippen LogP) is 3.74. The molecule has 7 heteroatoms. The van der Waals surface area contributed by atoms with Crippen LogP contribution in [0.1, 0.15) is 15.4 Å². The van der Waals surface area contributed by atoms with Crippen molar-refractivity contribution in [3.8, 4) is 10.7 Å². The molecule has 0 saturated heterocycles. The van der Waals surface area contributed by atoms with Gasteiger partial charge in [-0.3, -0.25) is 14.8 Å². The lowest BCUT2D eigenvalue weighted by molar-refractivity contribution is 0.0954. The lowest BCUT2D eigenvalue weighted by Crippen LogP contribution is -2.21. The Morgan fingerprint density at radius 2 is 2.12 bits per heavy atom. The van der Waals surface area contributed by atoms with Crippen LogP contribution >= 0.6 is 22.7 Å². The minimum absolute atomic E-state index is 0.0785. The normalized spacial score (nSPS) is 10.8. The fourth-order valence-electron chi connectivity index (χ4n) is 2.27. The van der Waals surface area contributed by atoms with E-state index in [1.807, 2.05) is 35.7 Å². The number of thiophene rings is 1. The molecule has 4 rings (SSSR count). The molecule has 3 heterocycles. The maximum Gasteiger partial charge on any atom is 0.261 e. The number of fused-ring (bicyclic) bond motifs is 1. The van der Waals surface area contributed by atoms with Crippen molar-refractivity contribution >= 4 is 38.7 Å². The molecule has 118 valence electrons. The average Bonchev–Trinajstić information content (AvgIpc) is 3.27. The van der Waals surface area contributed by atoms with Crippen molar-refractivity contribution in [2.24, 2.45) is 0 Å². The van der Waals surface area contributed by atoms with Crippen molar-refractivity contribution < 1.29 is 4.79 Å². The Balaban J connectivity index is 1.45. The van der Waals surface area contributed by atoms with Gasteiger partial charge in [0.2, 0.25) is 0 Å². The zero-order valence-corrected chi connectivity index (χ0v) is 14.1. The molecule has 0 fully saturated rings. The topological polar surface area (TPSA) is 67.8 Å². The van der Waals surface area contributed by atoms with E-state index in [1.165, 1.54) is 22.7 Å². The summed E-state index contributed by atoms with van der Waals surface area (Å²) in [5, 5.41) is 6.74. The maximum atomic E-state index is 12.3. The van der Waals surface area contributed by atoms with E-state index in [0.29, 0.717) is 11.4 Å². The van der Waals surface area contributed by atoms with Gasteiger partial charge >= 0.3 is 0 Å². The summed E-state index contributed by atoms with van der Waals surface area (Å²) < 4.78 is 1.11. The highest BCUT2D eigenvalue weighted by molar-refractivity contribution is 7.20. The van der Waals surface area contributed by atoms with E-state index in [4.69, 9.17) is 0 Å². The highest BCUT2D eigenvalue weighted by atomic mass is 32.1.